The number of fused-ring (bicyclic) bond motifs is 1. The molecule has 0 saturated carbocycles. The normalized spacial score (nSPS) is 26.3. The van der Waals surface area contributed by atoms with Crippen LogP contribution in [0.3, 0.4) is 0 Å². The predicted octanol–water partition coefficient (Wildman–Crippen LogP) is 4.39. The van der Waals surface area contributed by atoms with Gasteiger partial charge in [-0.15, -0.1) is 11.8 Å². The Hall–Kier alpha value is -1.46. The summed E-state index contributed by atoms with van der Waals surface area (Å²) in [6.07, 6.45) is 3.98. The van der Waals surface area contributed by atoms with Crippen LogP contribution in [-0.2, 0) is 0 Å². The average Bonchev–Trinajstić information content (AvgIpc) is 3.11. The Balaban J connectivity index is 1.74. The van der Waals surface area contributed by atoms with Crippen molar-refractivity contribution in [3.05, 3.63) is 59.9 Å². The lowest BCUT2D eigenvalue weighted by Crippen LogP contribution is -2.28. The van der Waals surface area contributed by atoms with Crippen molar-refractivity contribution in [1.82, 2.24) is 9.88 Å². The smallest absolute Gasteiger partial charge is 0.160 e. The van der Waals surface area contributed by atoms with Crippen molar-refractivity contribution in [3.63, 3.8) is 0 Å². The van der Waals surface area contributed by atoms with Crippen LogP contribution in [0.5, 0.6) is 0 Å². The highest BCUT2D eigenvalue weighted by atomic mass is 32.2. The van der Waals surface area contributed by atoms with Gasteiger partial charge in [-0.2, -0.15) is 0 Å². The third-order valence-corrected chi connectivity index (χ3v) is 6.18. The molecular formula is C18H19N3S2. The second-order valence-electron chi connectivity index (χ2n) is 5.91. The van der Waals surface area contributed by atoms with Gasteiger partial charge in [0.1, 0.15) is 6.04 Å². The number of benzene rings is 1. The number of rotatable bonds is 3. The maximum Gasteiger partial charge on any atom is 0.160 e. The SMILES string of the molecule is CSc1ccc([C@@H]2[C@H](c3ccccn3)N=C3S[C@H](C)CN32)cc1. The molecule has 0 spiro atoms. The second-order valence-corrected chi connectivity index (χ2v) is 8.20. The second kappa shape index (κ2) is 6.21. The molecule has 23 heavy (non-hydrogen) atoms. The summed E-state index contributed by atoms with van der Waals surface area (Å²) in [5.74, 6) is 0. The van der Waals surface area contributed by atoms with Crippen LogP contribution in [0.1, 0.15) is 30.3 Å². The van der Waals surface area contributed by atoms with Crippen LogP contribution in [-0.4, -0.2) is 33.1 Å². The summed E-state index contributed by atoms with van der Waals surface area (Å²) in [6, 6.07) is 15.4. The minimum Gasteiger partial charge on any atom is -0.341 e. The van der Waals surface area contributed by atoms with Gasteiger partial charge in [0.15, 0.2) is 5.17 Å². The van der Waals surface area contributed by atoms with Gasteiger partial charge < -0.3 is 4.90 Å². The molecule has 118 valence electrons. The fourth-order valence-electron chi connectivity index (χ4n) is 3.28. The summed E-state index contributed by atoms with van der Waals surface area (Å²) in [5.41, 5.74) is 2.38. The fraction of sp³-hybridized carbons (Fsp3) is 0.333. The molecule has 2 aliphatic heterocycles. The standard InChI is InChI=1S/C18H19N3S2/c1-12-11-21-17(13-6-8-14(22-2)9-7-13)16(20-18(21)23-12)15-5-3-4-10-19-15/h3-10,12,16-17H,11H2,1-2H3/t12-,16+,17-/m1/s1. The highest BCUT2D eigenvalue weighted by Crippen LogP contribution is 2.47. The summed E-state index contributed by atoms with van der Waals surface area (Å²) in [6.45, 7) is 3.33. The summed E-state index contributed by atoms with van der Waals surface area (Å²) in [5, 5.41) is 1.78. The molecule has 0 N–H and O–H groups in total. The van der Waals surface area contributed by atoms with Crippen molar-refractivity contribution in [2.24, 2.45) is 4.99 Å². The van der Waals surface area contributed by atoms with Crippen LogP contribution in [0.15, 0.2) is 58.5 Å². The first-order valence-corrected chi connectivity index (χ1v) is 9.92. The maximum absolute atomic E-state index is 5.01. The molecule has 1 aromatic heterocycles. The molecule has 3 heterocycles. The number of hydrogen-bond donors (Lipinski definition) is 0. The monoisotopic (exact) mass is 341 g/mol. The summed E-state index contributed by atoms with van der Waals surface area (Å²) in [7, 11) is 0. The van der Waals surface area contributed by atoms with Crippen LogP contribution < -0.4 is 0 Å². The van der Waals surface area contributed by atoms with Gasteiger partial charge in [0.2, 0.25) is 0 Å². The molecule has 2 aliphatic rings. The number of nitrogens with zero attached hydrogens (tertiary/aromatic N) is 3. The van der Waals surface area contributed by atoms with E-state index >= 15 is 0 Å². The zero-order chi connectivity index (χ0) is 15.8. The van der Waals surface area contributed by atoms with Crippen LogP contribution in [0.2, 0.25) is 0 Å². The summed E-state index contributed by atoms with van der Waals surface area (Å²) in [4.78, 5) is 13.3. The predicted molar refractivity (Wildman–Crippen MR) is 99.1 cm³/mol. The molecule has 0 bridgehead atoms. The topological polar surface area (TPSA) is 28.5 Å². The molecule has 4 rings (SSSR count). The van der Waals surface area contributed by atoms with Crippen LogP contribution in [0, 0.1) is 0 Å². The van der Waals surface area contributed by atoms with Gasteiger partial charge in [-0.05, 0) is 36.1 Å². The minimum absolute atomic E-state index is 0.0892. The van der Waals surface area contributed by atoms with E-state index < -0.39 is 0 Å². The quantitative estimate of drug-likeness (QED) is 0.774. The molecule has 3 nitrogen and oxygen atoms in total. The molecule has 0 aliphatic carbocycles. The molecule has 5 heteroatoms. The van der Waals surface area contributed by atoms with Crippen molar-refractivity contribution in [2.45, 2.75) is 29.2 Å². The minimum atomic E-state index is 0.0892. The summed E-state index contributed by atoms with van der Waals surface area (Å²) >= 11 is 3.66. The van der Waals surface area contributed by atoms with Gasteiger partial charge in [0.05, 0.1) is 11.7 Å². The molecule has 2 aromatic rings. The van der Waals surface area contributed by atoms with E-state index in [1.54, 1.807) is 11.8 Å². The van der Waals surface area contributed by atoms with Crippen LogP contribution >= 0.6 is 23.5 Å². The number of aliphatic imine (C=N–C) groups is 1. The van der Waals surface area contributed by atoms with E-state index in [0.717, 1.165) is 12.2 Å². The van der Waals surface area contributed by atoms with Crippen molar-refractivity contribution in [1.29, 1.82) is 0 Å². The maximum atomic E-state index is 5.01. The molecule has 0 amide bonds. The molecule has 1 saturated heterocycles. The Kier molecular flexibility index (Phi) is 4.07. The Labute approximate surface area is 145 Å². The van der Waals surface area contributed by atoms with Crippen molar-refractivity contribution in [2.75, 3.05) is 12.8 Å². The molecule has 1 aromatic carbocycles. The van der Waals surface area contributed by atoms with E-state index in [0.29, 0.717) is 5.25 Å². The molecule has 0 unspecified atom stereocenters. The van der Waals surface area contributed by atoms with E-state index in [2.05, 4.69) is 59.5 Å². The van der Waals surface area contributed by atoms with Crippen LogP contribution in [0.25, 0.3) is 0 Å². The Morgan fingerprint density at radius 2 is 2.00 bits per heavy atom. The van der Waals surface area contributed by atoms with Gasteiger partial charge in [-0.1, -0.05) is 36.9 Å². The number of hydrogen-bond acceptors (Lipinski definition) is 5. The highest BCUT2D eigenvalue weighted by Gasteiger charge is 2.43. The lowest BCUT2D eigenvalue weighted by atomic mass is 9.96. The van der Waals surface area contributed by atoms with E-state index in [1.165, 1.54) is 15.6 Å². The summed E-state index contributed by atoms with van der Waals surface area (Å²) < 4.78 is 0. The number of pyridine rings is 1. The van der Waals surface area contributed by atoms with Gasteiger partial charge in [-0.3, -0.25) is 9.98 Å². The van der Waals surface area contributed by atoms with Crippen molar-refractivity contribution < 1.29 is 0 Å². The first-order valence-electron chi connectivity index (χ1n) is 7.82. The Morgan fingerprint density at radius 1 is 1.17 bits per heavy atom. The zero-order valence-corrected chi connectivity index (χ0v) is 14.8. The number of thioether (sulfide) groups is 2. The van der Waals surface area contributed by atoms with E-state index in [-0.39, 0.29) is 12.1 Å². The Bertz CT molecular complexity index is 715. The average molecular weight is 342 g/mol. The first-order chi connectivity index (χ1) is 11.3. The van der Waals surface area contributed by atoms with Crippen LogP contribution in [0.4, 0.5) is 0 Å². The number of aromatic nitrogens is 1. The van der Waals surface area contributed by atoms with Gasteiger partial charge >= 0.3 is 0 Å². The Morgan fingerprint density at radius 3 is 2.70 bits per heavy atom. The molecule has 3 atom stereocenters. The van der Waals surface area contributed by atoms with Crippen molar-refractivity contribution in [3.8, 4) is 0 Å². The van der Waals surface area contributed by atoms with E-state index in [1.807, 2.05) is 24.0 Å². The molecule has 0 radical (unpaired) electrons. The lowest BCUT2D eigenvalue weighted by molar-refractivity contribution is 0.321. The third kappa shape index (κ3) is 2.76. The first kappa shape index (κ1) is 15.1. The zero-order valence-electron chi connectivity index (χ0n) is 13.2. The van der Waals surface area contributed by atoms with Gasteiger partial charge in [0, 0.05) is 22.9 Å². The fourth-order valence-corrected chi connectivity index (χ4v) is 4.78. The van der Waals surface area contributed by atoms with E-state index in [9.17, 15) is 0 Å². The van der Waals surface area contributed by atoms with E-state index in [4.69, 9.17) is 4.99 Å². The van der Waals surface area contributed by atoms with Gasteiger partial charge in [-0.25, -0.2) is 0 Å². The third-order valence-electron chi connectivity index (χ3n) is 4.34. The number of amidine groups is 1. The highest BCUT2D eigenvalue weighted by molar-refractivity contribution is 8.14. The lowest BCUT2D eigenvalue weighted by Gasteiger charge is -2.27. The molecule has 1 fully saturated rings. The van der Waals surface area contributed by atoms with Crippen molar-refractivity contribution >= 4 is 28.7 Å². The van der Waals surface area contributed by atoms with Gasteiger partial charge in [0.25, 0.3) is 0 Å². The molecular weight excluding hydrogens is 322 g/mol. The largest absolute Gasteiger partial charge is 0.341 e.